The molecule has 3 nitrogen and oxygen atoms in total. The van der Waals surface area contributed by atoms with Gasteiger partial charge in [0.05, 0.1) is 13.7 Å². The molecule has 1 N–H and O–H groups in total. The van der Waals surface area contributed by atoms with Gasteiger partial charge in [-0.25, -0.2) is 4.39 Å². The van der Waals surface area contributed by atoms with Crippen LogP contribution in [-0.4, -0.2) is 20.3 Å². The van der Waals surface area contributed by atoms with Gasteiger partial charge in [0.25, 0.3) is 0 Å². The minimum absolute atomic E-state index is 0.167. The van der Waals surface area contributed by atoms with Crippen molar-refractivity contribution in [3.63, 3.8) is 0 Å². The van der Waals surface area contributed by atoms with E-state index in [1.165, 1.54) is 6.07 Å². The van der Waals surface area contributed by atoms with Crippen LogP contribution in [0.2, 0.25) is 0 Å². The molecule has 0 bridgehead atoms. The standard InChI is InChI=1S/C17H20FNO2/c1-20-15-7-9-16(10-8-15)21-12-4-11-19-13-14-5-2-3-6-17(14)18/h2-3,5-10,19H,4,11-13H2,1H3. The van der Waals surface area contributed by atoms with E-state index in [0.717, 1.165) is 24.5 Å². The molecular formula is C17H20FNO2. The average molecular weight is 289 g/mol. The second-order valence-electron chi connectivity index (χ2n) is 4.65. The fourth-order valence-corrected chi connectivity index (χ4v) is 1.92. The van der Waals surface area contributed by atoms with Crippen LogP contribution in [0.25, 0.3) is 0 Å². The van der Waals surface area contributed by atoms with Gasteiger partial charge in [0.1, 0.15) is 17.3 Å². The molecule has 112 valence electrons. The van der Waals surface area contributed by atoms with Gasteiger partial charge in [0.15, 0.2) is 0 Å². The van der Waals surface area contributed by atoms with Gasteiger partial charge in [0, 0.05) is 12.1 Å². The first kappa shape index (κ1) is 15.3. The van der Waals surface area contributed by atoms with Crippen LogP contribution in [0.15, 0.2) is 48.5 Å². The Morgan fingerprint density at radius 1 is 1.00 bits per heavy atom. The fourth-order valence-electron chi connectivity index (χ4n) is 1.92. The van der Waals surface area contributed by atoms with Crippen LogP contribution >= 0.6 is 0 Å². The van der Waals surface area contributed by atoms with Gasteiger partial charge in [0.2, 0.25) is 0 Å². The highest BCUT2D eigenvalue weighted by Crippen LogP contribution is 2.16. The zero-order valence-electron chi connectivity index (χ0n) is 12.1. The second-order valence-corrected chi connectivity index (χ2v) is 4.65. The molecule has 0 fully saturated rings. The second kappa shape index (κ2) is 8.27. The van der Waals surface area contributed by atoms with E-state index in [2.05, 4.69) is 5.32 Å². The van der Waals surface area contributed by atoms with E-state index >= 15 is 0 Å². The molecule has 0 radical (unpaired) electrons. The van der Waals surface area contributed by atoms with Gasteiger partial charge in [-0.2, -0.15) is 0 Å². The van der Waals surface area contributed by atoms with E-state index in [1.54, 1.807) is 19.2 Å². The maximum Gasteiger partial charge on any atom is 0.127 e. The zero-order chi connectivity index (χ0) is 14.9. The molecule has 21 heavy (non-hydrogen) atoms. The molecule has 0 unspecified atom stereocenters. The summed E-state index contributed by atoms with van der Waals surface area (Å²) < 4.78 is 24.1. The third-order valence-electron chi connectivity index (χ3n) is 3.10. The molecule has 0 aliphatic rings. The summed E-state index contributed by atoms with van der Waals surface area (Å²) in [5.74, 6) is 1.47. The molecule has 0 saturated carbocycles. The SMILES string of the molecule is COc1ccc(OCCCNCc2ccccc2F)cc1. The van der Waals surface area contributed by atoms with Crippen molar-refractivity contribution in [1.82, 2.24) is 5.32 Å². The van der Waals surface area contributed by atoms with Crippen molar-refractivity contribution < 1.29 is 13.9 Å². The minimum atomic E-state index is -0.167. The average Bonchev–Trinajstić information content (AvgIpc) is 2.53. The number of hydrogen-bond donors (Lipinski definition) is 1. The van der Waals surface area contributed by atoms with Crippen molar-refractivity contribution in [2.75, 3.05) is 20.3 Å². The molecule has 0 atom stereocenters. The summed E-state index contributed by atoms with van der Waals surface area (Å²) in [5, 5.41) is 3.21. The smallest absolute Gasteiger partial charge is 0.127 e. The first-order valence-electron chi connectivity index (χ1n) is 7.00. The molecule has 2 aromatic rings. The number of ether oxygens (including phenoxy) is 2. The lowest BCUT2D eigenvalue weighted by molar-refractivity contribution is 0.307. The largest absolute Gasteiger partial charge is 0.497 e. The molecular weight excluding hydrogens is 269 g/mol. The van der Waals surface area contributed by atoms with Crippen LogP contribution < -0.4 is 14.8 Å². The van der Waals surface area contributed by atoms with Crippen LogP contribution in [0.5, 0.6) is 11.5 Å². The molecule has 0 heterocycles. The fraction of sp³-hybridized carbons (Fsp3) is 0.294. The van der Waals surface area contributed by atoms with Gasteiger partial charge in [-0.1, -0.05) is 18.2 Å². The topological polar surface area (TPSA) is 30.5 Å². The van der Waals surface area contributed by atoms with Gasteiger partial charge in [-0.05, 0) is 43.3 Å². The Kier molecular flexibility index (Phi) is 6.03. The van der Waals surface area contributed by atoms with E-state index in [0.29, 0.717) is 18.7 Å². The molecule has 0 aromatic heterocycles. The molecule has 4 heteroatoms. The number of rotatable bonds is 8. The zero-order valence-corrected chi connectivity index (χ0v) is 12.1. The van der Waals surface area contributed by atoms with Gasteiger partial charge >= 0.3 is 0 Å². The number of hydrogen-bond acceptors (Lipinski definition) is 3. The highest BCUT2D eigenvalue weighted by Gasteiger charge is 1.99. The molecule has 0 amide bonds. The summed E-state index contributed by atoms with van der Waals surface area (Å²) in [6.07, 6.45) is 0.862. The quantitative estimate of drug-likeness (QED) is 0.756. The van der Waals surface area contributed by atoms with Crippen molar-refractivity contribution >= 4 is 0 Å². The molecule has 0 aliphatic heterocycles. The Morgan fingerprint density at radius 3 is 2.43 bits per heavy atom. The van der Waals surface area contributed by atoms with Crippen LogP contribution in [-0.2, 0) is 6.54 Å². The Balaban J connectivity index is 1.60. The van der Waals surface area contributed by atoms with Crippen LogP contribution in [0.3, 0.4) is 0 Å². The molecule has 2 aromatic carbocycles. The predicted octanol–water partition coefficient (Wildman–Crippen LogP) is 3.39. The van der Waals surface area contributed by atoms with E-state index in [-0.39, 0.29) is 5.82 Å². The van der Waals surface area contributed by atoms with E-state index < -0.39 is 0 Å². The lowest BCUT2D eigenvalue weighted by atomic mass is 10.2. The normalized spacial score (nSPS) is 10.4. The Hall–Kier alpha value is -2.07. The van der Waals surface area contributed by atoms with Crippen molar-refractivity contribution in [3.8, 4) is 11.5 Å². The summed E-state index contributed by atoms with van der Waals surface area (Å²) in [7, 11) is 1.64. The number of nitrogens with one attached hydrogen (secondary N) is 1. The summed E-state index contributed by atoms with van der Waals surface area (Å²) in [6, 6.07) is 14.3. The van der Waals surface area contributed by atoms with Gasteiger partial charge in [-0.15, -0.1) is 0 Å². The highest BCUT2D eigenvalue weighted by molar-refractivity contribution is 5.31. The van der Waals surface area contributed by atoms with Crippen molar-refractivity contribution in [3.05, 3.63) is 59.9 Å². The van der Waals surface area contributed by atoms with E-state index in [9.17, 15) is 4.39 Å². The predicted molar refractivity (Wildman–Crippen MR) is 81.2 cm³/mol. The maximum atomic E-state index is 13.4. The third-order valence-corrected chi connectivity index (χ3v) is 3.10. The van der Waals surface area contributed by atoms with Crippen molar-refractivity contribution in [1.29, 1.82) is 0 Å². The Labute approximate surface area is 124 Å². The summed E-state index contributed by atoms with van der Waals surface area (Å²) >= 11 is 0. The summed E-state index contributed by atoms with van der Waals surface area (Å²) in [5.41, 5.74) is 0.688. The molecule has 2 rings (SSSR count). The van der Waals surface area contributed by atoms with Crippen molar-refractivity contribution in [2.45, 2.75) is 13.0 Å². The lowest BCUT2D eigenvalue weighted by Gasteiger charge is -2.08. The third kappa shape index (κ3) is 5.08. The first-order chi connectivity index (χ1) is 10.3. The van der Waals surface area contributed by atoms with Gasteiger partial charge in [-0.3, -0.25) is 0 Å². The van der Waals surface area contributed by atoms with Crippen LogP contribution in [0.4, 0.5) is 4.39 Å². The maximum absolute atomic E-state index is 13.4. The van der Waals surface area contributed by atoms with E-state index in [4.69, 9.17) is 9.47 Å². The van der Waals surface area contributed by atoms with Crippen molar-refractivity contribution in [2.24, 2.45) is 0 Å². The summed E-state index contributed by atoms with van der Waals surface area (Å²) in [4.78, 5) is 0. The van der Waals surface area contributed by atoms with E-state index in [1.807, 2.05) is 30.3 Å². The molecule has 0 saturated heterocycles. The van der Waals surface area contributed by atoms with Crippen LogP contribution in [0, 0.1) is 5.82 Å². The number of halogens is 1. The number of benzene rings is 2. The summed E-state index contributed by atoms with van der Waals surface area (Å²) in [6.45, 7) is 1.94. The monoisotopic (exact) mass is 289 g/mol. The Morgan fingerprint density at radius 2 is 1.71 bits per heavy atom. The highest BCUT2D eigenvalue weighted by atomic mass is 19.1. The number of methoxy groups -OCH3 is 1. The minimum Gasteiger partial charge on any atom is -0.497 e. The van der Waals surface area contributed by atoms with Gasteiger partial charge < -0.3 is 14.8 Å². The lowest BCUT2D eigenvalue weighted by Crippen LogP contribution is -2.17. The van der Waals surface area contributed by atoms with Crippen LogP contribution in [0.1, 0.15) is 12.0 Å². The Bertz CT molecular complexity index is 543. The molecule has 0 spiro atoms. The first-order valence-corrected chi connectivity index (χ1v) is 7.00. The molecule has 0 aliphatic carbocycles.